The van der Waals surface area contributed by atoms with Crippen LogP contribution in [0.2, 0.25) is 0 Å². The fourth-order valence-corrected chi connectivity index (χ4v) is 1.73. The van der Waals surface area contributed by atoms with Crippen molar-refractivity contribution in [3.63, 3.8) is 0 Å². The van der Waals surface area contributed by atoms with Gasteiger partial charge in [-0.05, 0) is 38.7 Å². The minimum atomic E-state index is -0.367. The predicted molar refractivity (Wildman–Crippen MR) is 55.7 cm³/mol. The molecule has 0 aliphatic carbocycles. The average Bonchev–Trinajstić information content (AvgIpc) is 2.03. The Labute approximate surface area is 86.5 Å². The summed E-state index contributed by atoms with van der Waals surface area (Å²) in [5.41, 5.74) is 3.68. The highest BCUT2D eigenvalue weighted by Gasteiger charge is 2.14. The molecule has 0 aromatic heterocycles. The molecule has 0 amide bonds. The lowest BCUT2D eigenvalue weighted by atomic mass is 10.2. The van der Waals surface area contributed by atoms with Gasteiger partial charge in [-0.15, -0.1) is 0 Å². The lowest BCUT2D eigenvalue weighted by molar-refractivity contribution is -0.392. The van der Waals surface area contributed by atoms with E-state index in [0.29, 0.717) is 0 Å². The molecule has 4 heteroatoms. The summed E-state index contributed by atoms with van der Waals surface area (Å²) < 4.78 is 5.71. The molecule has 1 atom stereocenters. The van der Waals surface area contributed by atoms with E-state index in [1.54, 1.807) is 0 Å². The number of methoxy groups -OCH3 is 1. The van der Waals surface area contributed by atoms with Crippen molar-refractivity contribution in [1.82, 2.24) is 0 Å². The molecule has 70 valence electrons. The van der Waals surface area contributed by atoms with Gasteiger partial charge in [-0.1, -0.05) is 13.3 Å². The van der Waals surface area contributed by atoms with Crippen LogP contribution in [0.15, 0.2) is 9.66 Å². The van der Waals surface area contributed by atoms with Gasteiger partial charge in [-0.25, -0.2) is 4.79 Å². The number of hydrogen-bond acceptors (Lipinski definition) is 2. The van der Waals surface area contributed by atoms with Gasteiger partial charge in [0.2, 0.25) is 6.04 Å². The van der Waals surface area contributed by atoms with Crippen molar-refractivity contribution in [3.8, 4) is 0 Å². The van der Waals surface area contributed by atoms with Gasteiger partial charge in [-0.3, -0.25) is 0 Å². The van der Waals surface area contributed by atoms with E-state index in [1.165, 1.54) is 10.7 Å². The van der Waals surface area contributed by atoms with Gasteiger partial charge < -0.3 is 10.5 Å². The van der Waals surface area contributed by atoms with E-state index in [1.807, 2.05) is 6.08 Å². The first-order chi connectivity index (χ1) is 5.61. The molecule has 3 N–H and O–H groups in total. The van der Waals surface area contributed by atoms with Crippen LogP contribution in [0.3, 0.4) is 0 Å². The predicted octanol–water partition coefficient (Wildman–Crippen LogP) is 0.889. The highest BCUT2D eigenvalue weighted by atomic mass is 127. The van der Waals surface area contributed by atoms with Crippen LogP contribution in [-0.2, 0) is 9.53 Å². The molecule has 0 bridgehead atoms. The summed E-state index contributed by atoms with van der Waals surface area (Å²) in [6.07, 6.45) is 3.93. The van der Waals surface area contributed by atoms with Gasteiger partial charge in [0.05, 0.1) is 7.11 Å². The minimum absolute atomic E-state index is 0.278. The van der Waals surface area contributed by atoms with Crippen molar-refractivity contribution in [2.24, 2.45) is 0 Å². The Bertz CT molecular complexity index is 180. The maximum atomic E-state index is 10.9. The summed E-state index contributed by atoms with van der Waals surface area (Å²) in [6.45, 7) is 2.10. The Balaban J connectivity index is 4.03. The molecule has 12 heavy (non-hydrogen) atoms. The van der Waals surface area contributed by atoms with Crippen molar-refractivity contribution in [1.29, 1.82) is 0 Å². The second-order valence-corrected chi connectivity index (χ2v) is 3.88. The highest BCUT2D eigenvalue weighted by Crippen LogP contribution is 2.13. The molecule has 0 aliphatic heterocycles. The first-order valence-corrected chi connectivity index (χ1v) is 4.96. The van der Waals surface area contributed by atoms with Gasteiger partial charge in [0.25, 0.3) is 0 Å². The van der Waals surface area contributed by atoms with Crippen LogP contribution in [0.1, 0.15) is 19.8 Å². The average molecular weight is 284 g/mol. The first-order valence-electron chi connectivity index (χ1n) is 3.89. The Kier molecular flexibility index (Phi) is 6.37. The molecule has 0 aromatic carbocycles. The van der Waals surface area contributed by atoms with Crippen molar-refractivity contribution in [2.45, 2.75) is 25.8 Å². The molecule has 0 heterocycles. The molecular formula is C8H15INO2+. The van der Waals surface area contributed by atoms with Crippen LogP contribution in [0.25, 0.3) is 0 Å². The number of quaternary nitrogens is 1. The zero-order valence-corrected chi connectivity index (χ0v) is 9.63. The molecule has 0 spiro atoms. The van der Waals surface area contributed by atoms with Crippen LogP contribution >= 0.6 is 22.6 Å². The zero-order chi connectivity index (χ0) is 9.56. The lowest BCUT2D eigenvalue weighted by Crippen LogP contribution is -2.64. The summed E-state index contributed by atoms with van der Waals surface area (Å²) in [5, 5.41) is 0. The van der Waals surface area contributed by atoms with E-state index >= 15 is 0 Å². The SMILES string of the molecule is CCC/C(I)=C\C([NH3+])C(=O)OC. The van der Waals surface area contributed by atoms with E-state index in [0.717, 1.165) is 12.8 Å². The largest absolute Gasteiger partial charge is 0.464 e. The molecule has 0 aliphatic rings. The standard InChI is InChI=1S/C8H14INO2/c1-3-4-6(9)5-7(10)8(11)12-2/h5,7H,3-4,10H2,1-2H3/p+1/b6-5+. The molecular weight excluding hydrogens is 269 g/mol. The van der Waals surface area contributed by atoms with Gasteiger partial charge >= 0.3 is 5.97 Å². The number of hydrogen-bond donors (Lipinski definition) is 1. The maximum absolute atomic E-state index is 10.9. The molecule has 0 saturated heterocycles. The second-order valence-electron chi connectivity index (χ2n) is 2.49. The number of ether oxygens (including phenoxy) is 1. The number of allylic oxidation sites excluding steroid dienone is 1. The summed E-state index contributed by atoms with van der Waals surface area (Å²) in [4.78, 5) is 10.9. The van der Waals surface area contributed by atoms with Crippen LogP contribution in [-0.4, -0.2) is 19.1 Å². The van der Waals surface area contributed by atoms with Crippen molar-refractivity contribution in [3.05, 3.63) is 9.66 Å². The molecule has 0 rings (SSSR count). The summed E-state index contributed by atoms with van der Waals surface area (Å²) >= 11 is 2.22. The van der Waals surface area contributed by atoms with Crippen molar-refractivity contribution in [2.75, 3.05) is 7.11 Å². The van der Waals surface area contributed by atoms with Crippen LogP contribution < -0.4 is 5.73 Å². The number of carbonyl (C=O) groups excluding carboxylic acids is 1. The number of esters is 1. The fourth-order valence-electron chi connectivity index (χ4n) is 0.760. The van der Waals surface area contributed by atoms with E-state index in [4.69, 9.17) is 0 Å². The topological polar surface area (TPSA) is 53.9 Å². The third-order valence-corrected chi connectivity index (χ3v) is 2.27. The number of rotatable bonds is 4. The van der Waals surface area contributed by atoms with Crippen LogP contribution in [0.5, 0.6) is 0 Å². The monoisotopic (exact) mass is 284 g/mol. The Morgan fingerprint density at radius 1 is 1.75 bits per heavy atom. The molecule has 0 aromatic rings. The smallest absolute Gasteiger partial charge is 0.368 e. The quantitative estimate of drug-likeness (QED) is 0.615. The molecule has 0 radical (unpaired) electrons. The number of halogens is 1. The van der Waals surface area contributed by atoms with Crippen molar-refractivity contribution < 1.29 is 15.3 Å². The lowest BCUT2D eigenvalue weighted by Gasteiger charge is -2.01. The maximum Gasteiger partial charge on any atom is 0.368 e. The summed E-state index contributed by atoms with van der Waals surface area (Å²) in [5.74, 6) is -0.278. The Morgan fingerprint density at radius 3 is 2.75 bits per heavy atom. The van der Waals surface area contributed by atoms with Gasteiger partial charge in [0, 0.05) is 0 Å². The van der Waals surface area contributed by atoms with Gasteiger partial charge in [0.1, 0.15) is 0 Å². The molecule has 0 saturated carbocycles. The van der Waals surface area contributed by atoms with Crippen molar-refractivity contribution >= 4 is 28.6 Å². The zero-order valence-electron chi connectivity index (χ0n) is 7.47. The van der Waals surface area contributed by atoms with Gasteiger partial charge in [0.15, 0.2) is 0 Å². The number of carbonyl (C=O) groups is 1. The first kappa shape index (κ1) is 11.9. The van der Waals surface area contributed by atoms with E-state index in [9.17, 15) is 4.79 Å². The molecule has 0 fully saturated rings. The third kappa shape index (κ3) is 4.71. The van der Waals surface area contributed by atoms with Crippen LogP contribution in [0, 0.1) is 0 Å². The van der Waals surface area contributed by atoms with Gasteiger partial charge in [-0.2, -0.15) is 0 Å². The Hall–Kier alpha value is -0.100. The normalized spacial score (nSPS) is 14.2. The molecule has 3 nitrogen and oxygen atoms in total. The Morgan fingerprint density at radius 2 is 2.33 bits per heavy atom. The molecule has 1 unspecified atom stereocenters. The highest BCUT2D eigenvalue weighted by molar-refractivity contribution is 14.1. The summed E-state index contributed by atoms with van der Waals surface area (Å²) in [7, 11) is 1.38. The minimum Gasteiger partial charge on any atom is -0.464 e. The van der Waals surface area contributed by atoms with E-state index in [2.05, 4.69) is 40.0 Å². The van der Waals surface area contributed by atoms with E-state index in [-0.39, 0.29) is 12.0 Å². The fraction of sp³-hybridized carbons (Fsp3) is 0.625. The van der Waals surface area contributed by atoms with Crippen LogP contribution in [0.4, 0.5) is 0 Å². The summed E-state index contributed by atoms with van der Waals surface area (Å²) in [6, 6.07) is -0.367. The van der Waals surface area contributed by atoms with E-state index < -0.39 is 0 Å². The third-order valence-electron chi connectivity index (χ3n) is 1.37. The second kappa shape index (κ2) is 6.42.